The average Bonchev–Trinajstić information content (AvgIpc) is 3.16. The first-order valence-electron chi connectivity index (χ1n) is 9.71. The molecule has 1 aliphatic heterocycles. The quantitative estimate of drug-likeness (QED) is 0.360. The van der Waals surface area contributed by atoms with Crippen LogP contribution >= 0.6 is 11.3 Å². The van der Waals surface area contributed by atoms with Gasteiger partial charge in [-0.05, 0) is 6.07 Å². The molecule has 0 atom stereocenters. The number of pyridine rings is 1. The number of aromatic nitrogens is 1. The zero-order valence-electron chi connectivity index (χ0n) is 16.0. The van der Waals surface area contributed by atoms with Gasteiger partial charge in [-0.15, -0.1) is 11.3 Å². The Balaban J connectivity index is 1.29. The first kappa shape index (κ1) is 18.8. The maximum atomic E-state index is 11.9. The van der Waals surface area contributed by atoms with Gasteiger partial charge in [0.2, 0.25) is 0 Å². The molecule has 4 aromatic rings. The molecule has 0 spiro atoms. The van der Waals surface area contributed by atoms with Gasteiger partial charge >= 0.3 is 159 Å². The molecule has 3 heterocycles. The summed E-state index contributed by atoms with van der Waals surface area (Å²) >= 11 is 1.83. The number of nitrogens with zero attached hydrogens (tertiary/aromatic N) is 3. The zero-order valence-corrected chi connectivity index (χ0v) is 25.0. The summed E-state index contributed by atoms with van der Waals surface area (Å²) in [5.74, 6) is 0. The number of hydrogen-bond donors (Lipinski definition) is 0. The Bertz CT molecular complexity index is 1210. The summed E-state index contributed by atoms with van der Waals surface area (Å²) in [7, 11) is 0. The first-order chi connectivity index (χ1) is 13.7. The Kier molecular flexibility index (Phi) is 5.33. The Morgan fingerprint density at radius 2 is 1.79 bits per heavy atom. The van der Waals surface area contributed by atoms with Crippen LogP contribution in [0.25, 0.3) is 21.0 Å². The summed E-state index contributed by atoms with van der Waals surface area (Å²) in [5.41, 5.74) is 3.95. The maximum absolute atomic E-state index is 11.9. The Hall–Kier alpha value is -1.16. The van der Waals surface area contributed by atoms with Crippen LogP contribution in [0.2, 0.25) is 0 Å². The van der Waals surface area contributed by atoms with Gasteiger partial charge in [0, 0.05) is 4.70 Å². The predicted molar refractivity (Wildman–Crippen MR) is 114 cm³/mol. The molecule has 2 aromatic carbocycles. The van der Waals surface area contributed by atoms with E-state index in [9.17, 15) is 4.79 Å². The second kappa shape index (κ2) is 7.93. The molecular weight excluding hydrogens is 580 g/mol. The Morgan fingerprint density at radius 3 is 2.64 bits per heavy atom. The molecule has 0 N–H and O–H groups in total. The molecule has 28 heavy (non-hydrogen) atoms. The standard InChI is InChI=1S/C22H21N3OS.Ra.H/c26-22-8-6-17-13-16(5-7-19(17)23-22)14-24-9-11-25(12-10-24)20-15-27-21-4-2-1-3-18(20)21;;/h1-8,13,15H,9-12,14H2,(H,23,26);;/q;+1;/p-1. The predicted octanol–water partition coefficient (Wildman–Crippen LogP) is 3.58. The number of benzene rings is 2. The van der Waals surface area contributed by atoms with E-state index in [4.69, 9.17) is 0 Å². The van der Waals surface area contributed by atoms with Crippen molar-refractivity contribution < 1.29 is 43.2 Å². The minimum atomic E-state index is -0.0111. The van der Waals surface area contributed by atoms with Crippen molar-refractivity contribution >= 4 is 38.0 Å². The molecule has 5 rings (SSSR count). The summed E-state index contributed by atoms with van der Waals surface area (Å²) in [5, 5.41) is 4.87. The van der Waals surface area contributed by atoms with Gasteiger partial charge in [0.05, 0.1) is 0 Å². The van der Waals surface area contributed by atoms with E-state index in [-0.39, 0.29) is 48.8 Å². The molecular formula is C22H21N3ORaS. The fraction of sp³-hybridized carbons (Fsp3) is 0.227. The van der Waals surface area contributed by atoms with E-state index in [1.54, 1.807) is 6.07 Å². The van der Waals surface area contributed by atoms with E-state index in [2.05, 4.69) is 57.6 Å². The number of rotatable bonds is 3. The van der Waals surface area contributed by atoms with Crippen LogP contribution in [0.1, 0.15) is 5.56 Å². The van der Waals surface area contributed by atoms with Crippen LogP contribution in [0.15, 0.2) is 64.8 Å². The monoisotopic (exact) mass is 601 g/mol. The summed E-state index contributed by atoms with van der Waals surface area (Å²) in [6, 6.07) is 18.9. The second-order valence-electron chi connectivity index (χ2n) is 7.50. The van der Waals surface area contributed by atoms with Crippen molar-refractivity contribution in [3.63, 3.8) is 0 Å². The molecule has 4 nitrogen and oxygen atoms in total. The van der Waals surface area contributed by atoms with Crippen molar-refractivity contribution in [3.05, 3.63) is 75.9 Å². The van der Waals surface area contributed by atoms with Gasteiger partial charge in [-0.2, -0.15) is 0 Å². The van der Waals surface area contributed by atoms with Crippen molar-refractivity contribution in [2.75, 3.05) is 31.1 Å². The van der Waals surface area contributed by atoms with Crippen molar-refractivity contribution in [3.8, 4) is 0 Å². The fourth-order valence-corrected chi connectivity index (χ4v) is 7.40. The number of anilines is 1. The van der Waals surface area contributed by atoms with Crippen LogP contribution in [-0.2, 0) is 6.54 Å². The van der Waals surface area contributed by atoms with Crippen LogP contribution in [0.3, 0.4) is 0 Å². The van der Waals surface area contributed by atoms with Crippen LogP contribution in [0.5, 0.6) is 0 Å². The Labute approximate surface area is 197 Å². The van der Waals surface area contributed by atoms with E-state index < -0.39 is 0 Å². The number of fused-ring (bicyclic) bond motifs is 2. The van der Waals surface area contributed by atoms with Crippen molar-refractivity contribution in [1.82, 2.24) is 5.00 Å². The molecule has 0 amide bonds. The third-order valence-corrected chi connectivity index (χ3v) is 10.5. The van der Waals surface area contributed by atoms with Crippen molar-refractivity contribution in [1.29, 1.82) is 0 Å². The summed E-state index contributed by atoms with van der Waals surface area (Å²) in [6.45, 7) is 5.26. The summed E-state index contributed by atoms with van der Waals surface area (Å²) < 4.78 is 3.31. The van der Waals surface area contributed by atoms with E-state index in [1.807, 2.05) is 17.5 Å². The minimum absolute atomic E-state index is 0.0111. The molecule has 0 bridgehead atoms. The van der Waals surface area contributed by atoms with E-state index >= 15 is 0 Å². The van der Waals surface area contributed by atoms with E-state index in [0.29, 0.717) is 0 Å². The zero-order chi connectivity index (χ0) is 19.1. The SMILES string of the molecule is O=c1ccc2cc(CN3CCN(c4csc5ccccc45)CC3)ccc2[n]1[RaH]. The van der Waals surface area contributed by atoms with Crippen LogP contribution < -0.4 is 10.5 Å². The van der Waals surface area contributed by atoms with Crippen LogP contribution in [0, 0.1) is 43.2 Å². The van der Waals surface area contributed by atoms with Gasteiger partial charge < -0.3 is 0 Å². The van der Waals surface area contributed by atoms with Gasteiger partial charge in [0.25, 0.3) is 0 Å². The van der Waals surface area contributed by atoms with Gasteiger partial charge in [-0.25, -0.2) is 0 Å². The van der Waals surface area contributed by atoms with E-state index in [1.165, 1.54) is 26.7 Å². The summed E-state index contributed by atoms with van der Waals surface area (Å²) in [6.07, 6.45) is 0. The van der Waals surface area contributed by atoms with Crippen LogP contribution in [-0.4, -0.2) is 31.2 Å². The first-order valence-corrected chi connectivity index (χ1v) is 14.3. The topological polar surface area (TPSA) is 28.5 Å². The number of piperazine rings is 1. The molecule has 0 saturated carbocycles. The van der Waals surface area contributed by atoms with Gasteiger partial charge in [0.1, 0.15) is 0 Å². The molecule has 1 aliphatic rings. The molecule has 0 unspecified atom stereocenters. The molecule has 138 valence electrons. The third kappa shape index (κ3) is 3.57. The second-order valence-corrected chi connectivity index (χ2v) is 12.1. The molecule has 0 aliphatic carbocycles. The molecule has 1 fully saturated rings. The third-order valence-electron chi connectivity index (χ3n) is 5.77. The van der Waals surface area contributed by atoms with Crippen LogP contribution in [0.4, 0.5) is 5.69 Å². The van der Waals surface area contributed by atoms with Crippen molar-refractivity contribution in [2.24, 2.45) is 0 Å². The average molecular weight is 601 g/mol. The van der Waals surface area contributed by atoms with Gasteiger partial charge in [-0.3, -0.25) is 0 Å². The summed E-state index contributed by atoms with van der Waals surface area (Å²) in [4.78, 5) is 16.9. The van der Waals surface area contributed by atoms with E-state index in [0.717, 1.165) is 38.2 Å². The normalized spacial score (nSPS) is 15.5. The Morgan fingerprint density at radius 1 is 0.964 bits per heavy atom. The number of thiophene rings is 1. The molecule has 1 saturated heterocycles. The fourth-order valence-electron chi connectivity index (χ4n) is 4.15. The number of hydrogen-bond acceptors (Lipinski definition) is 4. The molecule has 0 radical (unpaired) electrons. The van der Waals surface area contributed by atoms with Gasteiger partial charge in [-0.1, -0.05) is 18.2 Å². The molecule has 6 heteroatoms. The molecule has 2 aromatic heterocycles. The van der Waals surface area contributed by atoms with Gasteiger partial charge in [0.15, 0.2) is 0 Å². The van der Waals surface area contributed by atoms with Crippen molar-refractivity contribution in [2.45, 2.75) is 6.54 Å².